The summed E-state index contributed by atoms with van der Waals surface area (Å²) in [5.41, 5.74) is 3.05. The molecule has 3 aromatic carbocycles. The average Bonchev–Trinajstić information content (AvgIpc) is 3.61. The number of aryl methyl sites for hydroxylation is 1. The van der Waals surface area contributed by atoms with Crippen LogP contribution in [0, 0.1) is 11.6 Å². The van der Waals surface area contributed by atoms with Crippen molar-refractivity contribution in [1.29, 1.82) is 0 Å². The molecule has 1 amide bonds. The van der Waals surface area contributed by atoms with Crippen LogP contribution in [0.2, 0.25) is 0 Å². The highest BCUT2D eigenvalue weighted by Gasteiger charge is 2.22. The Morgan fingerprint density at radius 3 is 2.80 bits per heavy atom. The highest BCUT2D eigenvalue weighted by Crippen LogP contribution is 2.37. The summed E-state index contributed by atoms with van der Waals surface area (Å²) in [5.74, 6) is 1.10. The lowest BCUT2D eigenvalue weighted by atomic mass is 10.0. The van der Waals surface area contributed by atoms with E-state index in [9.17, 15) is 4.79 Å². The predicted octanol–water partition coefficient (Wildman–Crippen LogP) is 7.67. The fraction of sp³-hybridized carbons (Fsp3) is 0.200. The van der Waals surface area contributed by atoms with Crippen molar-refractivity contribution in [1.82, 2.24) is 20.3 Å². The molecule has 0 spiro atoms. The molecule has 6 nitrogen and oxygen atoms in total. The molecule has 3 N–H and O–H groups in total. The third-order valence-corrected chi connectivity index (χ3v) is 8.43. The number of fused-ring (bicyclic) bond motifs is 8. The van der Waals surface area contributed by atoms with Crippen LogP contribution in [0.4, 0.5) is 8.78 Å². The van der Waals surface area contributed by atoms with Crippen LogP contribution in [-0.4, -0.2) is 32.4 Å². The molecule has 0 fully saturated rings. The molecule has 0 saturated heterocycles. The summed E-state index contributed by atoms with van der Waals surface area (Å²) in [7, 11) is 0. The van der Waals surface area contributed by atoms with Gasteiger partial charge >= 0.3 is 0 Å². The second-order valence-corrected chi connectivity index (χ2v) is 11.7. The highest BCUT2D eigenvalue weighted by molar-refractivity contribution is 9.10. The van der Waals surface area contributed by atoms with Crippen LogP contribution < -0.4 is 10.1 Å². The molecule has 1 aliphatic heterocycles. The largest absolute Gasteiger partial charge is 0.454 e. The molecule has 0 saturated carbocycles. The third kappa shape index (κ3) is 5.51. The second-order valence-electron chi connectivity index (χ2n) is 9.56. The average molecular weight is 624 g/mol. The fourth-order valence-electron chi connectivity index (χ4n) is 4.94. The van der Waals surface area contributed by atoms with E-state index in [0.29, 0.717) is 30.5 Å². The standard InChI is InChI=1S/C30H25BrF2N4O2S/c31-18-4-1-3-17(13-18)28-26-16-35-30(36-26)22-14-19(6-7-23(22)32)39-29-21(9-12-40-11-2-5-27(38)37-28)20-8-10-34-25(20)15-24(29)33/h1,3-4,6-8,10,13-16,28,34H,2,5,9,11-12H2,(H,35,36)(H,37,38)/t28-/m1/s1. The zero-order chi connectivity index (χ0) is 27.6. The molecule has 2 aromatic heterocycles. The van der Waals surface area contributed by atoms with Crippen LogP contribution >= 0.6 is 27.7 Å². The Labute approximate surface area is 242 Å². The van der Waals surface area contributed by atoms with Gasteiger partial charge in [-0.1, -0.05) is 28.1 Å². The zero-order valence-electron chi connectivity index (χ0n) is 21.3. The number of benzene rings is 3. The minimum Gasteiger partial charge on any atom is -0.454 e. The van der Waals surface area contributed by atoms with E-state index in [1.165, 1.54) is 24.3 Å². The molecule has 0 aliphatic carbocycles. The lowest BCUT2D eigenvalue weighted by Crippen LogP contribution is -2.29. The topological polar surface area (TPSA) is 82.8 Å². The van der Waals surface area contributed by atoms with Gasteiger partial charge in [0.1, 0.15) is 17.4 Å². The second kappa shape index (κ2) is 11.5. The summed E-state index contributed by atoms with van der Waals surface area (Å²) in [6, 6.07) is 14.7. The normalized spacial score (nSPS) is 16.5. The Hall–Kier alpha value is -3.63. The van der Waals surface area contributed by atoms with Gasteiger partial charge in [-0.2, -0.15) is 11.8 Å². The van der Waals surface area contributed by atoms with E-state index in [-0.39, 0.29) is 28.8 Å². The Morgan fingerprint density at radius 2 is 1.93 bits per heavy atom. The number of carbonyl (C=O) groups is 1. The van der Waals surface area contributed by atoms with Crippen molar-refractivity contribution in [3.63, 3.8) is 0 Å². The van der Waals surface area contributed by atoms with Crippen LogP contribution in [0.1, 0.15) is 35.7 Å². The van der Waals surface area contributed by atoms with Gasteiger partial charge in [-0.05, 0) is 66.3 Å². The number of nitrogens with zero attached hydrogens (tertiary/aromatic N) is 1. The Morgan fingerprint density at radius 1 is 1.02 bits per heavy atom. The number of amides is 1. The van der Waals surface area contributed by atoms with E-state index in [1.54, 1.807) is 24.2 Å². The van der Waals surface area contributed by atoms with E-state index >= 15 is 8.78 Å². The number of H-pyrrole nitrogens is 2. The number of aromatic amines is 2. The maximum atomic E-state index is 15.3. The molecule has 40 heavy (non-hydrogen) atoms. The van der Waals surface area contributed by atoms with Gasteiger partial charge in [0.15, 0.2) is 11.6 Å². The van der Waals surface area contributed by atoms with Crippen LogP contribution in [0.25, 0.3) is 22.3 Å². The van der Waals surface area contributed by atoms with Gasteiger partial charge in [0, 0.05) is 39.6 Å². The van der Waals surface area contributed by atoms with Crippen molar-refractivity contribution < 1.29 is 18.3 Å². The van der Waals surface area contributed by atoms with E-state index in [2.05, 4.69) is 36.2 Å². The molecule has 3 heterocycles. The first-order chi connectivity index (χ1) is 19.5. The molecule has 4 bridgehead atoms. The van der Waals surface area contributed by atoms with E-state index in [1.807, 2.05) is 30.3 Å². The fourth-order valence-corrected chi connectivity index (χ4v) is 6.26. The maximum Gasteiger partial charge on any atom is 0.220 e. The highest BCUT2D eigenvalue weighted by atomic mass is 79.9. The number of halogens is 3. The summed E-state index contributed by atoms with van der Waals surface area (Å²) < 4.78 is 37.4. The van der Waals surface area contributed by atoms with Crippen LogP contribution in [0.15, 0.2) is 71.5 Å². The van der Waals surface area contributed by atoms with Gasteiger partial charge in [-0.3, -0.25) is 4.79 Å². The first kappa shape index (κ1) is 26.6. The predicted molar refractivity (Wildman–Crippen MR) is 157 cm³/mol. The number of nitrogens with one attached hydrogen (secondary N) is 3. The molecular formula is C30H25BrF2N4O2S. The van der Waals surface area contributed by atoms with Crippen molar-refractivity contribution in [2.24, 2.45) is 0 Å². The Bertz CT molecular complexity index is 1700. The van der Waals surface area contributed by atoms with E-state index in [0.717, 1.165) is 32.5 Å². The maximum absolute atomic E-state index is 15.3. The van der Waals surface area contributed by atoms with Gasteiger partial charge in [0.25, 0.3) is 0 Å². The van der Waals surface area contributed by atoms with Crippen molar-refractivity contribution >= 4 is 44.5 Å². The summed E-state index contributed by atoms with van der Waals surface area (Å²) in [5, 5.41) is 3.99. The summed E-state index contributed by atoms with van der Waals surface area (Å²) in [6.45, 7) is 0. The van der Waals surface area contributed by atoms with Crippen LogP contribution in [0.5, 0.6) is 11.5 Å². The smallest absolute Gasteiger partial charge is 0.220 e. The Balaban J connectivity index is 1.43. The Kier molecular flexibility index (Phi) is 7.62. The number of rotatable bonds is 1. The van der Waals surface area contributed by atoms with Crippen molar-refractivity contribution in [2.75, 3.05) is 11.5 Å². The van der Waals surface area contributed by atoms with Gasteiger partial charge in [0.2, 0.25) is 5.91 Å². The first-order valence-electron chi connectivity index (χ1n) is 12.9. The lowest BCUT2D eigenvalue weighted by Gasteiger charge is -2.19. The quantitative estimate of drug-likeness (QED) is 0.179. The number of carbonyl (C=O) groups excluding carboxylic acids is 1. The summed E-state index contributed by atoms with van der Waals surface area (Å²) in [4.78, 5) is 23.7. The van der Waals surface area contributed by atoms with Gasteiger partial charge < -0.3 is 20.0 Å². The molecule has 0 radical (unpaired) electrons. The van der Waals surface area contributed by atoms with E-state index in [4.69, 9.17) is 4.74 Å². The van der Waals surface area contributed by atoms with Gasteiger partial charge in [-0.15, -0.1) is 0 Å². The van der Waals surface area contributed by atoms with Crippen molar-refractivity contribution in [3.05, 3.63) is 99.9 Å². The number of hydrogen-bond donors (Lipinski definition) is 3. The van der Waals surface area contributed by atoms with Gasteiger partial charge in [-0.25, -0.2) is 13.8 Å². The van der Waals surface area contributed by atoms with Crippen LogP contribution in [-0.2, 0) is 11.2 Å². The summed E-state index contributed by atoms with van der Waals surface area (Å²) >= 11 is 5.21. The summed E-state index contributed by atoms with van der Waals surface area (Å²) in [6.07, 6.45) is 4.98. The number of aromatic nitrogens is 3. The number of ether oxygens (including phenoxy) is 1. The lowest BCUT2D eigenvalue weighted by molar-refractivity contribution is -0.121. The SMILES string of the molecule is O=C1CCCSCCc2c(c(F)cc3[nH]ccc23)Oc2ccc(F)c(c2)-c2ncc([nH]2)[C@@H](c2cccc(Br)c2)N1. The molecule has 1 atom stereocenters. The van der Waals surface area contributed by atoms with Crippen LogP contribution in [0.3, 0.4) is 0 Å². The minimum absolute atomic E-state index is 0.0918. The molecule has 10 heteroatoms. The number of imidazole rings is 1. The van der Waals surface area contributed by atoms with Crippen molar-refractivity contribution in [3.8, 4) is 22.9 Å². The monoisotopic (exact) mass is 622 g/mol. The van der Waals surface area contributed by atoms with Gasteiger partial charge in [0.05, 0.1) is 23.5 Å². The molecular weight excluding hydrogens is 598 g/mol. The zero-order valence-corrected chi connectivity index (χ0v) is 23.7. The molecule has 204 valence electrons. The van der Waals surface area contributed by atoms with E-state index < -0.39 is 17.7 Å². The minimum atomic E-state index is -0.510. The molecule has 6 rings (SSSR count). The first-order valence-corrected chi connectivity index (χ1v) is 14.8. The number of hydrogen-bond acceptors (Lipinski definition) is 4. The molecule has 0 unspecified atom stereocenters. The van der Waals surface area contributed by atoms with Crippen molar-refractivity contribution in [2.45, 2.75) is 25.3 Å². The molecule has 1 aliphatic rings. The molecule has 5 aromatic rings. The number of thioether (sulfide) groups is 1. The third-order valence-electron chi connectivity index (χ3n) is 6.86.